The monoisotopic (exact) mass is 497 g/mol. The van der Waals surface area contributed by atoms with Crippen LogP contribution in [0, 0.1) is 17.7 Å². The van der Waals surface area contributed by atoms with Crippen LogP contribution in [0.25, 0.3) is 11.1 Å². The van der Waals surface area contributed by atoms with Gasteiger partial charge in [-0.25, -0.2) is 4.39 Å². The summed E-state index contributed by atoms with van der Waals surface area (Å²) in [7, 11) is 1.36. The van der Waals surface area contributed by atoms with Gasteiger partial charge in [0, 0.05) is 11.3 Å². The van der Waals surface area contributed by atoms with Gasteiger partial charge >= 0.3 is 5.97 Å². The third-order valence-electron chi connectivity index (χ3n) is 7.31. The SMILES string of the molecule is CCOc1cccc(-c2ccc(NC(=O)[C@H]3CCCC[C@H]3C(=O)OC)cc2COC2CCCC2)c1F. The van der Waals surface area contributed by atoms with Gasteiger partial charge in [-0.05, 0) is 61.9 Å². The smallest absolute Gasteiger partial charge is 0.309 e. The fraction of sp³-hybridized carbons (Fsp3) is 0.517. The highest BCUT2D eigenvalue weighted by Gasteiger charge is 2.36. The van der Waals surface area contributed by atoms with E-state index in [4.69, 9.17) is 14.2 Å². The number of hydrogen-bond donors (Lipinski definition) is 1. The molecule has 1 amide bonds. The van der Waals surface area contributed by atoms with Crippen molar-refractivity contribution in [1.29, 1.82) is 0 Å². The molecular weight excluding hydrogens is 461 g/mol. The molecule has 0 aliphatic heterocycles. The Balaban J connectivity index is 1.60. The van der Waals surface area contributed by atoms with Gasteiger partial charge in [0.1, 0.15) is 0 Å². The van der Waals surface area contributed by atoms with Crippen LogP contribution >= 0.6 is 0 Å². The second kappa shape index (κ2) is 12.3. The van der Waals surface area contributed by atoms with E-state index in [2.05, 4.69) is 5.32 Å². The molecule has 2 aromatic carbocycles. The fourth-order valence-corrected chi connectivity index (χ4v) is 5.42. The molecule has 2 aliphatic carbocycles. The van der Waals surface area contributed by atoms with E-state index in [1.807, 2.05) is 19.1 Å². The van der Waals surface area contributed by atoms with Crippen molar-refractivity contribution in [2.24, 2.45) is 11.8 Å². The predicted molar refractivity (Wildman–Crippen MR) is 136 cm³/mol. The first-order valence-electron chi connectivity index (χ1n) is 13.1. The Labute approximate surface area is 212 Å². The minimum Gasteiger partial charge on any atom is -0.491 e. The molecule has 194 valence electrons. The molecule has 0 unspecified atom stereocenters. The standard InChI is InChI=1S/C29H36FNO5/c1-3-35-26-14-8-13-23(27(26)30)22-16-15-20(17-19(22)18-36-21-9-4-5-10-21)31-28(32)24-11-6-7-12-25(24)29(33)34-2/h8,13-17,21,24-25H,3-7,9-12,18H2,1-2H3,(H,31,32)/t24-,25+/m0/s1. The van der Waals surface area contributed by atoms with Crippen LogP contribution in [0.15, 0.2) is 36.4 Å². The van der Waals surface area contributed by atoms with Crippen LogP contribution in [0.5, 0.6) is 5.75 Å². The molecule has 6 nitrogen and oxygen atoms in total. The van der Waals surface area contributed by atoms with Gasteiger partial charge in [0.25, 0.3) is 0 Å². The van der Waals surface area contributed by atoms with Gasteiger partial charge in [-0.2, -0.15) is 0 Å². The summed E-state index contributed by atoms with van der Waals surface area (Å²) < 4.78 is 31.9. The number of rotatable bonds is 9. The van der Waals surface area contributed by atoms with Crippen molar-refractivity contribution in [3.63, 3.8) is 0 Å². The molecular formula is C29H36FNO5. The Hall–Kier alpha value is -2.93. The number of esters is 1. The summed E-state index contributed by atoms with van der Waals surface area (Å²) in [5.41, 5.74) is 2.53. The average Bonchev–Trinajstić information content (AvgIpc) is 3.42. The van der Waals surface area contributed by atoms with Crippen molar-refractivity contribution in [3.8, 4) is 16.9 Å². The number of hydrogen-bond acceptors (Lipinski definition) is 5. The zero-order chi connectivity index (χ0) is 25.5. The maximum absolute atomic E-state index is 15.3. The first kappa shape index (κ1) is 26.1. The zero-order valence-corrected chi connectivity index (χ0v) is 21.2. The highest BCUT2D eigenvalue weighted by molar-refractivity contribution is 5.95. The van der Waals surface area contributed by atoms with E-state index in [1.54, 1.807) is 24.3 Å². The molecule has 4 rings (SSSR count). The molecule has 7 heteroatoms. The van der Waals surface area contributed by atoms with E-state index in [9.17, 15) is 9.59 Å². The summed E-state index contributed by atoms with van der Waals surface area (Å²) in [4.78, 5) is 25.4. The molecule has 0 spiro atoms. The van der Waals surface area contributed by atoms with Crippen LogP contribution in [-0.2, 0) is 25.7 Å². The third kappa shape index (κ3) is 6.06. The first-order valence-corrected chi connectivity index (χ1v) is 13.1. The number of methoxy groups -OCH3 is 1. The third-order valence-corrected chi connectivity index (χ3v) is 7.31. The minimum absolute atomic E-state index is 0.190. The van der Waals surface area contributed by atoms with Crippen molar-refractivity contribution < 1.29 is 28.2 Å². The number of anilines is 1. The van der Waals surface area contributed by atoms with E-state index in [-0.39, 0.29) is 23.7 Å². The number of carbonyl (C=O) groups excluding carboxylic acids is 2. The number of halogens is 1. The van der Waals surface area contributed by atoms with Gasteiger partial charge in [0.05, 0.1) is 38.3 Å². The topological polar surface area (TPSA) is 73.9 Å². The van der Waals surface area contributed by atoms with Gasteiger partial charge in [-0.1, -0.05) is 43.9 Å². The van der Waals surface area contributed by atoms with E-state index in [1.165, 1.54) is 7.11 Å². The van der Waals surface area contributed by atoms with E-state index in [0.29, 0.717) is 42.9 Å². The lowest BCUT2D eigenvalue weighted by molar-refractivity contribution is -0.151. The maximum atomic E-state index is 15.3. The van der Waals surface area contributed by atoms with E-state index in [0.717, 1.165) is 44.1 Å². The molecule has 2 fully saturated rings. The lowest BCUT2D eigenvalue weighted by atomic mass is 9.78. The summed E-state index contributed by atoms with van der Waals surface area (Å²) >= 11 is 0. The molecule has 0 saturated heterocycles. The van der Waals surface area contributed by atoms with Crippen molar-refractivity contribution in [2.75, 3.05) is 19.0 Å². The first-order chi connectivity index (χ1) is 17.5. The largest absolute Gasteiger partial charge is 0.491 e. The average molecular weight is 498 g/mol. The van der Waals surface area contributed by atoms with Crippen molar-refractivity contribution >= 4 is 17.6 Å². The van der Waals surface area contributed by atoms with Crippen molar-refractivity contribution in [3.05, 3.63) is 47.8 Å². The lowest BCUT2D eigenvalue weighted by Gasteiger charge is -2.28. The lowest BCUT2D eigenvalue weighted by Crippen LogP contribution is -2.36. The van der Waals surface area contributed by atoms with Crippen LogP contribution in [0.1, 0.15) is 63.9 Å². The number of amides is 1. The number of benzene rings is 2. The minimum atomic E-state index is -0.427. The molecule has 0 aromatic heterocycles. The van der Waals surface area contributed by atoms with Crippen LogP contribution in [0.3, 0.4) is 0 Å². The van der Waals surface area contributed by atoms with Crippen LogP contribution < -0.4 is 10.1 Å². The molecule has 0 heterocycles. The summed E-state index contributed by atoms with van der Waals surface area (Å²) in [6, 6.07) is 10.6. The number of ether oxygens (including phenoxy) is 3. The Morgan fingerprint density at radius 3 is 2.42 bits per heavy atom. The Morgan fingerprint density at radius 2 is 1.69 bits per heavy atom. The quantitative estimate of drug-likeness (QED) is 0.414. The summed E-state index contributed by atoms with van der Waals surface area (Å²) in [6.45, 7) is 2.51. The van der Waals surface area contributed by atoms with Gasteiger partial charge in [-0.15, -0.1) is 0 Å². The Kier molecular flexibility index (Phi) is 8.97. The zero-order valence-electron chi connectivity index (χ0n) is 21.2. The number of carbonyl (C=O) groups is 2. The second-order valence-corrected chi connectivity index (χ2v) is 9.65. The van der Waals surface area contributed by atoms with E-state index < -0.39 is 17.7 Å². The summed E-state index contributed by atoms with van der Waals surface area (Å²) in [5, 5.41) is 2.99. The normalized spacial score (nSPS) is 20.2. The molecule has 2 saturated carbocycles. The van der Waals surface area contributed by atoms with Crippen LogP contribution in [0.4, 0.5) is 10.1 Å². The van der Waals surface area contributed by atoms with Gasteiger partial charge in [-0.3, -0.25) is 9.59 Å². The second-order valence-electron chi connectivity index (χ2n) is 9.65. The van der Waals surface area contributed by atoms with Gasteiger partial charge in [0.15, 0.2) is 11.6 Å². The molecule has 2 aliphatic rings. The molecule has 1 N–H and O–H groups in total. The van der Waals surface area contributed by atoms with Crippen LogP contribution in [0.2, 0.25) is 0 Å². The molecule has 2 atom stereocenters. The molecule has 2 aromatic rings. The van der Waals surface area contributed by atoms with Gasteiger partial charge in [0.2, 0.25) is 5.91 Å². The highest BCUT2D eigenvalue weighted by atomic mass is 19.1. The molecule has 0 bridgehead atoms. The Morgan fingerprint density at radius 1 is 0.972 bits per heavy atom. The molecule has 0 radical (unpaired) electrons. The summed E-state index contributed by atoms with van der Waals surface area (Å²) in [6.07, 6.45) is 7.67. The fourth-order valence-electron chi connectivity index (χ4n) is 5.42. The Bertz CT molecular complexity index is 1070. The summed E-state index contributed by atoms with van der Waals surface area (Å²) in [5.74, 6) is -1.58. The van der Waals surface area contributed by atoms with E-state index >= 15 is 4.39 Å². The molecule has 36 heavy (non-hydrogen) atoms. The maximum Gasteiger partial charge on any atom is 0.309 e. The van der Waals surface area contributed by atoms with Gasteiger partial charge < -0.3 is 19.5 Å². The van der Waals surface area contributed by atoms with Crippen molar-refractivity contribution in [2.45, 2.75) is 71.0 Å². The van der Waals surface area contributed by atoms with Crippen LogP contribution in [-0.4, -0.2) is 31.7 Å². The predicted octanol–water partition coefficient (Wildman–Crippen LogP) is 6.27. The van der Waals surface area contributed by atoms with Crippen molar-refractivity contribution in [1.82, 2.24) is 0 Å². The highest BCUT2D eigenvalue weighted by Crippen LogP contribution is 2.35. The number of nitrogens with one attached hydrogen (secondary N) is 1.